The van der Waals surface area contributed by atoms with Crippen molar-refractivity contribution in [2.24, 2.45) is 0 Å². The number of benzene rings is 1. The SMILES string of the molecule is CC(=O)NCCN(C(=O)c1ccc(F)c(NC(C)=O)c1)C(C)C(=O)O. The van der Waals surface area contributed by atoms with Gasteiger partial charge in [-0.15, -0.1) is 0 Å². The van der Waals surface area contributed by atoms with Crippen molar-refractivity contribution in [3.63, 3.8) is 0 Å². The second-order valence-corrected chi connectivity index (χ2v) is 5.37. The fraction of sp³-hybridized carbons (Fsp3) is 0.375. The molecule has 1 rings (SSSR count). The quantitative estimate of drug-likeness (QED) is 0.672. The highest BCUT2D eigenvalue weighted by Gasteiger charge is 2.26. The predicted octanol–water partition coefficient (Wildman–Crippen LogP) is 0.835. The smallest absolute Gasteiger partial charge is 0.326 e. The third-order valence-corrected chi connectivity index (χ3v) is 3.34. The minimum Gasteiger partial charge on any atom is -0.480 e. The van der Waals surface area contributed by atoms with Crippen LogP contribution in [0.25, 0.3) is 0 Å². The Labute approximate surface area is 144 Å². The molecule has 0 bridgehead atoms. The van der Waals surface area contributed by atoms with Crippen molar-refractivity contribution in [2.75, 3.05) is 18.4 Å². The molecule has 136 valence electrons. The van der Waals surface area contributed by atoms with Crippen LogP contribution in [0.3, 0.4) is 0 Å². The van der Waals surface area contributed by atoms with Crippen LogP contribution in [0.4, 0.5) is 10.1 Å². The summed E-state index contributed by atoms with van der Waals surface area (Å²) >= 11 is 0. The summed E-state index contributed by atoms with van der Waals surface area (Å²) in [4.78, 5) is 47.0. The van der Waals surface area contributed by atoms with Gasteiger partial charge in [0.05, 0.1) is 5.69 Å². The zero-order valence-electron chi connectivity index (χ0n) is 14.1. The molecule has 0 spiro atoms. The highest BCUT2D eigenvalue weighted by Crippen LogP contribution is 2.18. The highest BCUT2D eigenvalue weighted by molar-refractivity contribution is 5.98. The molecule has 3 N–H and O–H groups in total. The Balaban J connectivity index is 3.08. The summed E-state index contributed by atoms with van der Waals surface area (Å²) in [5.41, 5.74) is -0.163. The summed E-state index contributed by atoms with van der Waals surface area (Å²) in [7, 11) is 0. The molecule has 1 unspecified atom stereocenters. The van der Waals surface area contributed by atoms with Crippen molar-refractivity contribution in [3.8, 4) is 0 Å². The van der Waals surface area contributed by atoms with Crippen LogP contribution in [-0.2, 0) is 14.4 Å². The van der Waals surface area contributed by atoms with Crippen LogP contribution in [0.5, 0.6) is 0 Å². The third-order valence-electron chi connectivity index (χ3n) is 3.34. The Morgan fingerprint density at radius 2 is 1.84 bits per heavy atom. The average molecular weight is 353 g/mol. The molecule has 0 aliphatic carbocycles. The lowest BCUT2D eigenvalue weighted by Gasteiger charge is -2.27. The minimum absolute atomic E-state index is 0.0149. The van der Waals surface area contributed by atoms with Crippen LogP contribution in [0.15, 0.2) is 18.2 Å². The summed E-state index contributed by atoms with van der Waals surface area (Å²) in [6, 6.07) is 2.19. The van der Waals surface area contributed by atoms with Gasteiger partial charge in [0, 0.05) is 32.5 Å². The van der Waals surface area contributed by atoms with Crippen LogP contribution in [0.2, 0.25) is 0 Å². The standard InChI is InChI=1S/C16H20FN3O5/c1-9(16(24)25)20(7-6-18-10(2)21)15(23)12-4-5-13(17)14(8-12)19-11(3)22/h4-5,8-9H,6-7H2,1-3H3,(H,18,21)(H,19,22)(H,24,25). The Morgan fingerprint density at radius 1 is 1.20 bits per heavy atom. The first kappa shape index (κ1) is 20.1. The van der Waals surface area contributed by atoms with E-state index in [1.165, 1.54) is 26.8 Å². The number of halogens is 1. The number of carbonyl (C=O) groups excluding carboxylic acids is 3. The fourth-order valence-electron chi connectivity index (χ4n) is 2.07. The molecular formula is C16H20FN3O5. The van der Waals surface area contributed by atoms with Gasteiger partial charge in [0.25, 0.3) is 5.91 Å². The Bertz CT molecular complexity index is 692. The molecule has 1 aromatic rings. The van der Waals surface area contributed by atoms with Gasteiger partial charge in [0.1, 0.15) is 11.9 Å². The van der Waals surface area contributed by atoms with Crippen molar-refractivity contribution in [1.29, 1.82) is 0 Å². The first-order valence-electron chi connectivity index (χ1n) is 7.48. The maximum Gasteiger partial charge on any atom is 0.326 e. The van der Waals surface area contributed by atoms with Gasteiger partial charge in [-0.3, -0.25) is 14.4 Å². The van der Waals surface area contributed by atoms with Gasteiger partial charge in [0.2, 0.25) is 11.8 Å². The van der Waals surface area contributed by atoms with Crippen LogP contribution < -0.4 is 10.6 Å². The normalized spacial score (nSPS) is 11.4. The lowest BCUT2D eigenvalue weighted by Crippen LogP contribution is -2.46. The molecule has 0 aliphatic heterocycles. The summed E-state index contributed by atoms with van der Waals surface area (Å²) in [6.45, 7) is 3.84. The van der Waals surface area contributed by atoms with Gasteiger partial charge in [-0.1, -0.05) is 0 Å². The predicted molar refractivity (Wildman–Crippen MR) is 87.5 cm³/mol. The molecule has 8 nitrogen and oxygen atoms in total. The zero-order valence-corrected chi connectivity index (χ0v) is 14.1. The Morgan fingerprint density at radius 3 is 2.36 bits per heavy atom. The number of carbonyl (C=O) groups is 4. The van der Waals surface area contributed by atoms with E-state index in [-0.39, 0.29) is 30.2 Å². The minimum atomic E-state index is -1.22. The van der Waals surface area contributed by atoms with Gasteiger partial charge >= 0.3 is 5.97 Å². The van der Waals surface area contributed by atoms with E-state index < -0.39 is 29.6 Å². The zero-order chi connectivity index (χ0) is 19.1. The fourth-order valence-corrected chi connectivity index (χ4v) is 2.07. The van der Waals surface area contributed by atoms with Crippen LogP contribution in [0.1, 0.15) is 31.1 Å². The summed E-state index contributed by atoms with van der Waals surface area (Å²) in [5.74, 6) is -3.43. The van der Waals surface area contributed by atoms with Gasteiger partial charge in [0.15, 0.2) is 0 Å². The number of hydrogen-bond donors (Lipinski definition) is 3. The number of anilines is 1. The van der Waals surface area contributed by atoms with Crippen LogP contribution in [-0.4, -0.2) is 52.8 Å². The van der Waals surface area contributed by atoms with Crippen molar-refractivity contribution in [2.45, 2.75) is 26.8 Å². The molecule has 0 fully saturated rings. The first-order chi connectivity index (χ1) is 11.6. The van der Waals surface area contributed by atoms with E-state index in [0.717, 1.165) is 17.0 Å². The van der Waals surface area contributed by atoms with Gasteiger partial charge < -0.3 is 20.6 Å². The van der Waals surface area contributed by atoms with Crippen molar-refractivity contribution < 1.29 is 28.7 Å². The molecule has 1 aromatic carbocycles. The topological polar surface area (TPSA) is 116 Å². The summed E-state index contributed by atoms with van der Waals surface area (Å²) in [6.07, 6.45) is 0. The second-order valence-electron chi connectivity index (χ2n) is 5.37. The second kappa shape index (κ2) is 8.76. The summed E-state index contributed by atoms with van der Waals surface area (Å²) in [5, 5.41) is 13.9. The molecule has 0 saturated heterocycles. The van der Waals surface area contributed by atoms with Gasteiger partial charge in [-0.25, -0.2) is 9.18 Å². The lowest BCUT2D eigenvalue weighted by molar-refractivity contribution is -0.141. The van der Waals surface area contributed by atoms with E-state index in [0.29, 0.717) is 0 Å². The molecule has 3 amide bonds. The van der Waals surface area contributed by atoms with E-state index >= 15 is 0 Å². The van der Waals surface area contributed by atoms with E-state index in [9.17, 15) is 28.7 Å². The number of rotatable bonds is 7. The van der Waals surface area contributed by atoms with Crippen molar-refractivity contribution in [1.82, 2.24) is 10.2 Å². The maximum absolute atomic E-state index is 13.7. The van der Waals surface area contributed by atoms with Crippen LogP contribution >= 0.6 is 0 Å². The number of aliphatic carboxylic acids is 1. The van der Waals surface area contributed by atoms with Crippen LogP contribution in [0, 0.1) is 5.82 Å². The molecule has 0 aliphatic rings. The lowest BCUT2D eigenvalue weighted by atomic mass is 10.1. The Kier molecular flexibility index (Phi) is 7.04. The maximum atomic E-state index is 13.7. The molecule has 0 radical (unpaired) electrons. The number of hydrogen-bond acceptors (Lipinski definition) is 4. The average Bonchev–Trinajstić information content (AvgIpc) is 2.51. The number of carboxylic acid groups (broad SMARTS) is 1. The molecule has 25 heavy (non-hydrogen) atoms. The van der Waals surface area contributed by atoms with Gasteiger partial charge in [-0.2, -0.15) is 0 Å². The first-order valence-corrected chi connectivity index (χ1v) is 7.48. The van der Waals surface area contributed by atoms with E-state index in [2.05, 4.69) is 10.6 Å². The number of carboxylic acids is 1. The van der Waals surface area contributed by atoms with E-state index in [4.69, 9.17) is 0 Å². The van der Waals surface area contributed by atoms with E-state index in [1.807, 2.05) is 0 Å². The van der Waals surface area contributed by atoms with Crippen molar-refractivity contribution in [3.05, 3.63) is 29.6 Å². The number of nitrogens with one attached hydrogen (secondary N) is 2. The highest BCUT2D eigenvalue weighted by atomic mass is 19.1. The molecule has 0 aromatic heterocycles. The molecular weight excluding hydrogens is 333 g/mol. The molecule has 0 saturated carbocycles. The Hall–Kier alpha value is -2.97. The third kappa shape index (κ3) is 5.87. The van der Waals surface area contributed by atoms with E-state index in [1.54, 1.807) is 0 Å². The molecule has 0 heterocycles. The molecule has 9 heteroatoms. The monoisotopic (exact) mass is 353 g/mol. The van der Waals surface area contributed by atoms with Gasteiger partial charge in [-0.05, 0) is 25.1 Å². The molecule has 1 atom stereocenters. The summed E-state index contributed by atoms with van der Waals surface area (Å²) < 4.78 is 13.7. The number of nitrogens with zero attached hydrogens (tertiary/aromatic N) is 1. The number of amides is 3. The van der Waals surface area contributed by atoms with Crippen molar-refractivity contribution >= 4 is 29.4 Å². The largest absolute Gasteiger partial charge is 0.480 e.